The summed E-state index contributed by atoms with van der Waals surface area (Å²) in [6, 6.07) is 5.51. The Morgan fingerprint density at radius 1 is 0.840 bits per heavy atom. The van der Waals surface area contributed by atoms with Crippen molar-refractivity contribution in [1.29, 1.82) is 0 Å². The van der Waals surface area contributed by atoms with Crippen LogP contribution in [0.25, 0.3) is 0 Å². The van der Waals surface area contributed by atoms with Crippen molar-refractivity contribution in [2.75, 3.05) is 18.1 Å². The van der Waals surface area contributed by atoms with E-state index in [4.69, 9.17) is 19.7 Å². The molecule has 1 fully saturated rings. The normalized spacial score (nSPS) is 33.1. The van der Waals surface area contributed by atoms with Crippen molar-refractivity contribution >= 4 is 63.1 Å². The van der Waals surface area contributed by atoms with Crippen LogP contribution in [0.3, 0.4) is 0 Å². The molecule has 14 heteroatoms. The Balaban J connectivity index is 1.37. The summed E-state index contributed by atoms with van der Waals surface area (Å²) in [6.07, 6.45) is 2.78. The lowest BCUT2D eigenvalue weighted by Crippen LogP contribution is -2.54. The highest BCUT2D eigenvalue weighted by Crippen LogP contribution is 2.30. The standard InChI is InChI=1S/C36H49N7O5S2/c1-6-19(3)27-34-38-24(17-49-34)30(44)37-23(16-22-12-9-8-10-13-22)36(47)43-15-11-14-26(43)33-42-29(21(5)48-33)32(46)41-28(20(4)7-2)35-39-25(18-50-35)31(45)40-27/h8-10,12-13,19-21,23-29H,6-7,11,14-18H2,1-5H3,(H,37,44)(H,40,45)(H,41,46). The topological polar surface area (TPSA) is 154 Å². The molecule has 10 unspecified atom stereocenters. The fraction of sp³-hybridized carbons (Fsp3) is 0.639. The Bertz CT molecular complexity index is 1550. The van der Waals surface area contributed by atoms with E-state index in [-0.39, 0.29) is 47.5 Å². The summed E-state index contributed by atoms with van der Waals surface area (Å²) in [7, 11) is 0. The van der Waals surface area contributed by atoms with Gasteiger partial charge in [0.25, 0.3) is 0 Å². The van der Waals surface area contributed by atoms with E-state index in [0.717, 1.165) is 29.9 Å². The number of thioether (sulfide) groups is 2. The van der Waals surface area contributed by atoms with Crippen LogP contribution in [0.4, 0.5) is 0 Å². The summed E-state index contributed by atoms with van der Waals surface area (Å²) >= 11 is 2.98. The molecular formula is C36H49N7O5S2. The Morgan fingerprint density at radius 3 is 2.02 bits per heavy atom. The summed E-state index contributed by atoms with van der Waals surface area (Å²) in [6.45, 7) is 10.6. The molecule has 5 aliphatic rings. The zero-order valence-corrected chi connectivity index (χ0v) is 31.1. The van der Waals surface area contributed by atoms with Gasteiger partial charge in [0.2, 0.25) is 29.5 Å². The average molecular weight is 724 g/mol. The maximum absolute atomic E-state index is 14.4. The van der Waals surface area contributed by atoms with Gasteiger partial charge in [0.05, 0.1) is 22.2 Å². The van der Waals surface area contributed by atoms with Crippen LogP contribution in [0.1, 0.15) is 65.9 Å². The Hall–Kier alpha value is -3.39. The monoisotopic (exact) mass is 723 g/mol. The highest BCUT2D eigenvalue weighted by Gasteiger charge is 2.45. The van der Waals surface area contributed by atoms with Gasteiger partial charge in [0.15, 0.2) is 6.04 Å². The van der Waals surface area contributed by atoms with Gasteiger partial charge in [0.1, 0.15) is 30.3 Å². The third kappa shape index (κ3) is 7.75. The van der Waals surface area contributed by atoms with E-state index in [1.54, 1.807) is 4.90 Å². The molecule has 0 saturated carbocycles. The van der Waals surface area contributed by atoms with Crippen molar-refractivity contribution in [3.63, 3.8) is 0 Å². The number of nitrogens with one attached hydrogen (secondary N) is 3. The van der Waals surface area contributed by atoms with E-state index < -0.39 is 36.3 Å². The van der Waals surface area contributed by atoms with Gasteiger partial charge in [-0.3, -0.25) is 29.2 Å². The smallest absolute Gasteiger partial charge is 0.249 e. The van der Waals surface area contributed by atoms with Crippen molar-refractivity contribution in [1.82, 2.24) is 20.9 Å². The first-order chi connectivity index (χ1) is 24.1. The molecule has 5 aliphatic heterocycles. The molecule has 0 aliphatic carbocycles. The predicted molar refractivity (Wildman–Crippen MR) is 199 cm³/mol. The van der Waals surface area contributed by atoms with E-state index in [2.05, 4.69) is 43.6 Å². The largest absolute Gasteiger partial charge is 0.474 e. The zero-order chi connectivity index (χ0) is 35.5. The molecule has 270 valence electrons. The lowest BCUT2D eigenvalue weighted by atomic mass is 9.98. The van der Waals surface area contributed by atoms with Crippen LogP contribution in [0.5, 0.6) is 0 Å². The number of hydrogen-bond acceptors (Lipinski definition) is 10. The van der Waals surface area contributed by atoms with E-state index in [1.807, 2.05) is 37.3 Å². The van der Waals surface area contributed by atoms with E-state index in [0.29, 0.717) is 41.8 Å². The number of amides is 4. The Kier molecular flexibility index (Phi) is 11.6. The second-order valence-electron chi connectivity index (χ2n) is 14.0. The number of ether oxygens (including phenoxy) is 1. The molecule has 3 N–H and O–H groups in total. The summed E-state index contributed by atoms with van der Waals surface area (Å²) < 4.78 is 6.22. The summed E-state index contributed by atoms with van der Waals surface area (Å²) in [4.78, 5) is 72.0. The lowest BCUT2D eigenvalue weighted by Gasteiger charge is -2.29. The molecular weight excluding hydrogens is 675 g/mol. The molecule has 50 heavy (non-hydrogen) atoms. The minimum Gasteiger partial charge on any atom is -0.474 e. The first-order valence-electron chi connectivity index (χ1n) is 18.0. The average Bonchev–Trinajstić information content (AvgIpc) is 3.95. The van der Waals surface area contributed by atoms with E-state index in [1.165, 1.54) is 23.5 Å². The van der Waals surface area contributed by atoms with Gasteiger partial charge < -0.3 is 25.6 Å². The van der Waals surface area contributed by atoms with Crippen LogP contribution < -0.4 is 16.0 Å². The second kappa shape index (κ2) is 15.9. The summed E-state index contributed by atoms with van der Waals surface area (Å²) in [5.41, 5.74) is 0.920. The molecule has 6 bridgehead atoms. The zero-order valence-electron chi connectivity index (χ0n) is 29.5. The predicted octanol–water partition coefficient (Wildman–Crippen LogP) is 2.99. The van der Waals surface area contributed by atoms with Crippen molar-refractivity contribution < 1.29 is 23.9 Å². The first kappa shape index (κ1) is 36.4. The third-order valence-electron chi connectivity index (χ3n) is 10.5. The molecule has 6 rings (SSSR count). The molecule has 10 atom stereocenters. The van der Waals surface area contributed by atoms with Gasteiger partial charge in [0, 0.05) is 24.5 Å². The maximum Gasteiger partial charge on any atom is 0.249 e. The van der Waals surface area contributed by atoms with Crippen molar-refractivity contribution in [3.05, 3.63) is 35.9 Å². The van der Waals surface area contributed by atoms with Gasteiger partial charge in [-0.15, -0.1) is 23.5 Å². The number of benzene rings is 1. The lowest BCUT2D eigenvalue weighted by molar-refractivity contribution is -0.136. The van der Waals surface area contributed by atoms with Crippen LogP contribution >= 0.6 is 23.5 Å². The molecule has 1 saturated heterocycles. The third-order valence-corrected chi connectivity index (χ3v) is 12.8. The minimum absolute atomic E-state index is 0.0678. The number of aliphatic imine (C=N–C) groups is 3. The van der Waals surface area contributed by atoms with Crippen LogP contribution in [0.15, 0.2) is 45.3 Å². The Labute approximate surface area is 302 Å². The number of carbonyl (C=O) groups is 4. The highest BCUT2D eigenvalue weighted by atomic mass is 32.2. The molecule has 1 aromatic rings. The molecule has 0 radical (unpaired) electrons. The molecule has 4 amide bonds. The highest BCUT2D eigenvalue weighted by molar-refractivity contribution is 8.14. The van der Waals surface area contributed by atoms with Crippen LogP contribution in [0.2, 0.25) is 0 Å². The number of fused-ring (bicyclic) bond motifs is 5. The second-order valence-corrected chi connectivity index (χ2v) is 16.1. The number of hydrogen-bond donors (Lipinski definition) is 3. The van der Waals surface area contributed by atoms with Crippen molar-refractivity contribution in [2.45, 2.75) is 115 Å². The van der Waals surface area contributed by atoms with Gasteiger partial charge in [-0.25, -0.2) is 4.99 Å². The number of nitrogens with zero attached hydrogens (tertiary/aromatic N) is 4. The van der Waals surface area contributed by atoms with E-state index >= 15 is 0 Å². The fourth-order valence-electron chi connectivity index (χ4n) is 7.02. The van der Waals surface area contributed by atoms with Crippen LogP contribution in [-0.2, 0) is 30.3 Å². The van der Waals surface area contributed by atoms with Crippen molar-refractivity contribution in [2.24, 2.45) is 26.8 Å². The first-order valence-corrected chi connectivity index (χ1v) is 20.0. The molecule has 1 aromatic carbocycles. The molecule has 0 spiro atoms. The maximum atomic E-state index is 14.4. The van der Waals surface area contributed by atoms with Gasteiger partial charge in [-0.2, -0.15) is 0 Å². The van der Waals surface area contributed by atoms with Crippen molar-refractivity contribution in [3.8, 4) is 0 Å². The Morgan fingerprint density at radius 2 is 1.42 bits per heavy atom. The van der Waals surface area contributed by atoms with Gasteiger partial charge in [-0.1, -0.05) is 70.9 Å². The van der Waals surface area contributed by atoms with E-state index in [9.17, 15) is 19.2 Å². The number of carbonyl (C=O) groups excluding carboxylic acids is 4. The quantitative estimate of drug-likeness (QED) is 0.408. The summed E-state index contributed by atoms with van der Waals surface area (Å²) in [5.74, 6) is 0.396. The van der Waals surface area contributed by atoms with Gasteiger partial charge in [-0.05, 0) is 37.2 Å². The van der Waals surface area contributed by atoms with Crippen LogP contribution in [-0.4, -0.2) is 111 Å². The molecule has 0 aromatic heterocycles. The SMILES string of the molecule is CCC(C)C1NC(=O)C2CSC(=N2)C(C(C)CC)NC(=O)C2N=C(OC2C)C2CCCN2C(=O)C(Cc2ccccc2)NC(=O)C2CSC1=N2. The molecule has 5 heterocycles. The fourth-order valence-corrected chi connectivity index (χ4v) is 9.47. The number of rotatable bonds is 6. The van der Waals surface area contributed by atoms with Crippen LogP contribution in [0, 0.1) is 11.8 Å². The minimum atomic E-state index is -0.838. The summed E-state index contributed by atoms with van der Waals surface area (Å²) in [5, 5.41) is 10.9. The van der Waals surface area contributed by atoms with Gasteiger partial charge >= 0.3 is 0 Å². The molecule has 12 nitrogen and oxygen atoms in total.